The van der Waals surface area contributed by atoms with E-state index in [9.17, 15) is 30.3 Å². The molecule has 0 saturated carbocycles. The monoisotopic (exact) mass is 276 g/mol. The highest BCUT2D eigenvalue weighted by Gasteiger charge is 2.20. The minimum absolute atomic E-state index is 0.121. The molecule has 1 heterocycles. The van der Waals surface area contributed by atoms with Gasteiger partial charge in [0.25, 0.3) is 0 Å². The lowest BCUT2D eigenvalue weighted by atomic mass is 10.1. The summed E-state index contributed by atoms with van der Waals surface area (Å²) in [6.45, 7) is 0. The SMILES string of the molecule is O=c1c2c(O)cc(O)cc2oc2cc(O)c(O)c(O)c12. The Balaban J connectivity index is 2.65. The van der Waals surface area contributed by atoms with Gasteiger partial charge in [-0.2, -0.15) is 0 Å². The third-order valence-corrected chi connectivity index (χ3v) is 2.96. The van der Waals surface area contributed by atoms with E-state index in [1.165, 1.54) is 0 Å². The minimum Gasteiger partial charge on any atom is -0.508 e. The molecular weight excluding hydrogens is 268 g/mol. The summed E-state index contributed by atoms with van der Waals surface area (Å²) in [5, 5.41) is 47.0. The largest absolute Gasteiger partial charge is 0.508 e. The van der Waals surface area contributed by atoms with Gasteiger partial charge in [-0.15, -0.1) is 0 Å². The molecule has 3 rings (SSSR count). The summed E-state index contributed by atoms with van der Waals surface area (Å²) >= 11 is 0. The molecule has 0 radical (unpaired) electrons. The van der Waals surface area contributed by atoms with Crippen LogP contribution >= 0.6 is 0 Å². The van der Waals surface area contributed by atoms with E-state index in [0.717, 1.165) is 18.2 Å². The van der Waals surface area contributed by atoms with Crippen LogP contribution in [0.3, 0.4) is 0 Å². The van der Waals surface area contributed by atoms with Crippen molar-refractivity contribution in [2.24, 2.45) is 0 Å². The van der Waals surface area contributed by atoms with Gasteiger partial charge < -0.3 is 29.9 Å². The van der Waals surface area contributed by atoms with Gasteiger partial charge >= 0.3 is 0 Å². The Morgan fingerprint density at radius 3 is 2.10 bits per heavy atom. The van der Waals surface area contributed by atoms with E-state index in [1.807, 2.05) is 0 Å². The zero-order chi connectivity index (χ0) is 14.6. The molecule has 0 fully saturated rings. The Morgan fingerprint density at radius 1 is 0.750 bits per heavy atom. The van der Waals surface area contributed by atoms with Gasteiger partial charge in [-0.05, 0) is 0 Å². The molecule has 0 aliphatic rings. The molecule has 0 aliphatic heterocycles. The van der Waals surface area contributed by atoms with Crippen LogP contribution in [0.1, 0.15) is 0 Å². The molecule has 5 N–H and O–H groups in total. The lowest BCUT2D eigenvalue weighted by Crippen LogP contribution is -2.02. The normalized spacial score (nSPS) is 11.2. The van der Waals surface area contributed by atoms with E-state index in [0.29, 0.717) is 0 Å². The predicted molar refractivity (Wildman–Crippen MR) is 68.3 cm³/mol. The van der Waals surface area contributed by atoms with Crippen molar-refractivity contribution in [1.82, 2.24) is 0 Å². The smallest absolute Gasteiger partial charge is 0.208 e. The fourth-order valence-electron chi connectivity index (χ4n) is 2.06. The molecule has 0 atom stereocenters. The Kier molecular flexibility index (Phi) is 2.22. The van der Waals surface area contributed by atoms with E-state index in [4.69, 9.17) is 4.42 Å². The first-order chi connectivity index (χ1) is 9.40. The van der Waals surface area contributed by atoms with Crippen LogP contribution in [0.2, 0.25) is 0 Å². The second-order valence-corrected chi connectivity index (χ2v) is 4.24. The number of phenolic OH excluding ortho intramolecular Hbond substituents is 5. The Hall–Kier alpha value is -3.09. The van der Waals surface area contributed by atoms with Gasteiger partial charge in [-0.3, -0.25) is 4.79 Å². The van der Waals surface area contributed by atoms with Crippen LogP contribution in [-0.4, -0.2) is 25.5 Å². The lowest BCUT2D eigenvalue weighted by Gasteiger charge is -2.07. The number of hydrogen-bond donors (Lipinski definition) is 5. The first-order valence-electron chi connectivity index (χ1n) is 5.46. The molecule has 102 valence electrons. The molecule has 1 aromatic heterocycles. The number of hydrogen-bond acceptors (Lipinski definition) is 7. The molecule has 2 aromatic carbocycles. The first kappa shape index (κ1) is 12.0. The van der Waals surface area contributed by atoms with Crippen molar-refractivity contribution in [1.29, 1.82) is 0 Å². The van der Waals surface area contributed by atoms with Gasteiger partial charge in [0, 0.05) is 18.2 Å². The van der Waals surface area contributed by atoms with Gasteiger partial charge in [-0.25, -0.2) is 0 Å². The zero-order valence-electron chi connectivity index (χ0n) is 9.78. The van der Waals surface area contributed by atoms with Crippen LogP contribution in [0.25, 0.3) is 21.9 Å². The number of aromatic hydroxyl groups is 5. The third kappa shape index (κ3) is 1.43. The van der Waals surface area contributed by atoms with Gasteiger partial charge in [-0.1, -0.05) is 0 Å². The van der Waals surface area contributed by atoms with Crippen LogP contribution in [0, 0.1) is 0 Å². The topological polar surface area (TPSA) is 131 Å². The molecule has 0 unspecified atom stereocenters. The highest BCUT2D eigenvalue weighted by Crippen LogP contribution is 2.41. The first-order valence-corrected chi connectivity index (χ1v) is 5.46. The van der Waals surface area contributed by atoms with Crippen LogP contribution in [0.4, 0.5) is 0 Å². The van der Waals surface area contributed by atoms with Crippen LogP contribution in [-0.2, 0) is 0 Å². The average molecular weight is 276 g/mol. The summed E-state index contributed by atoms with van der Waals surface area (Å²) in [7, 11) is 0. The molecular formula is C13H8O7. The third-order valence-electron chi connectivity index (χ3n) is 2.96. The molecule has 20 heavy (non-hydrogen) atoms. The fourth-order valence-corrected chi connectivity index (χ4v) is 2.06. The Morgan fingerprint density at radius 2 is 1.40 bits per heavy atom. The predicted octanol–water partition coefficient (Wildman–Crippen LogP) is 1.47. The van der Waals surface area contributed by atoms with Crippen LogP contribution < -0.4 is 5.43 Å². The minimum atomic E-state index is -0.859. The fraction of sp³-hybridized carbons (Fsp3) is 0. The second-order valence-electron chi connectivity index (χ2n) is 4.24. The summed E-state index contributed by atoms with van der Waals surface area (Å²) in [6.07, 6.45) is 0. The number of phenols is 5. The molecule has 7 nitrogen and oxygen atoms in total. The summed E-state index contributed by atoms with van der Waals surface area (Å²) in [6, 6.07) is 3.01. The van der Waals surface area contributed by atoms with E-state index >= 15 is 0 Å². The summed E-state index contributed by atoms with van der Waals surface area (Å²) < 4.78 is 5.25. The highest BCUT2D eigenvalue weighted by molar-refractivity contribution is 5.98. The molecule has 0 aliphatic carbocycles. The van der Waals surface area contributed by atoms with Crippen molar-refractivity contribution in [3.63, 3.8) is 0 Å². The maximum absolute atomic E-state index is 12.3. The number of benzene rings is 2. The summed E-state index contributed by atoms with van der Waals surface area (Å²) in [5.74, 6) is -3.21. The van der Waals surface area contributed by atoms with Gasteiger partial charge in [0.2, 0.25) is 11.2 Å². The molecule has 7 heteroatoms. The highest BCUT2D eigenvalue weighted by atomic mass is 16.3. The number of fused-ring (bicyclic) bond motifs is 2. The van der Waals surface area contributed by atoms with Crippen molar-refractivity contribution in [2.45, 2.75) is 0 Å². The van der Waals surface area contributed by atoms with E-state index in [1.54, 1.807) is 0 Å². The molecule has 0 spiro atoms. The van der Waals surface area contributed by atoms with Crippen molar-refractivity contribution >= 4 is 21.9 Å². The average Bonchev–Trinajstić information content (AvgIpc) is 2.34. The standard InChI is InChI=1S/C13H8O7/c14-4-1-5(15)9-7(2-4)20-8-3-6(16)11(17)13(19)10(8)12(9)18/h1-3,14-17,19H. The Bertz CT molecular complexity index is 924. The van der Waals surface area contributed by atoms with Gasteiger partial charge in [0.15, 0.2) is 11.5 Å². The van der Waals surface area contributed by atoms with Gasteiger partial charge in [0.1, 0.15) is 33.4 Å². The number of rotatable bonds is 0. The lowest BCUT2D eigenvalue weighted by molar-refractivity contribution is 0.370. The maximum atomic E-state index is 12.3. The summed E-state index contributed by atoms with van der Waals surface area (Å²) in [5.41, 5.74) is -1.11. The Labute approximate surface area is 110 Å². The summed E-state index contributed by atoms with van der Waals surface area (Å²) in [4.78, 5) is 12.3. The maximum Gasteiger partial charge on any atom is 0.208 e. The van der Waals surface area contributed by atoms with E-state index < -0.39 is 28.4 Å². The van der Waals surface area contributed by atoms with E-state index in [2.05, 4.69) is 0 Å². The van der Waals surface area contributed by atoms with Crippen LogP contribution in [0.5, 0.6) is 28.7 Å². The van der Waals surface area contributed by atoms with E-state index in [-0.39, 0.29) is 27.7 Å². The molecule has 0 amide bonds. The van der Waals surface area contributed by atoms with Gasteiger partial charge in [0.05, 0.1) is 0 Å². The van der Waals surface area contributed by atoms with Crippen LogP contribution in [0.15, 0.2) is 27.4 Å². The zero-order valence-corrected chi connectivity index (χ0v) is 9.78. The second kappa shape index (κ2) is 3.70. The quantitative estimate of drug-likeness (QED) is 0.310. The molecule has 0 saturated heterocycles. The van der Waals surface area contributed by atoms with Crippen molar-refractivity contribution < 1.29 is 29.9 Å². The molecule has 0 bridgehead atoms. The van der Waals surface area contributed by atoms with Crippen molar-refractivity contribution in [3.8, 4) is 28.7 Å². The molecule has 3 aromatic rings. The van der Waals surface area contributed by atoms with Crippen molar-refractivity contribution in [3.05, 3.63) is 28.4 Å². The van der Waals surface area contributed by atoms with Crippen molar-refractivity contribution in [2.75, 3.05) is 0 Å².